The van der Waals surface area contributed by atoms with Crippen molar-refractivity contribution in [3.05, 3.63) is 0 Å². The SMILES string of the molecule is CCN(C(=O)CO)N(C)C. The first-order valence-electron chi connectivity index (χ1n) is 3.22. The van der Waals surface area contributed by atoms with Gasteiger partial charge < -0.3 is 5.11 Å². The summed E-state index contributed by atoms with van der Waals surface area (Å²) in [6.45, 7) is 2.02. The molecule has 0 aliphatic carbocycles. The number of likely N-dealkylation sites (N-methyl/N-ethyl adjacent to an activating group) is 1. The maximum Gasteiger partial charge on any atom is 0.262 e. The molecule has 0 saturated carbocycles. The summed E-state index contributed by atoms with van der Waals surface area (Å²) in [6.07, 6.45) is 0. The van der Waals surface area contributed by atoms with E-state index >= 15 is 0 Å². The largest absolute Gasteiger partial charge is 0.386 e. The molecule has 0 bridgehead atoms. The van der Waals surface area contributed by atoms with Gasteiger partial charge >= 0.3 is 0 Å². The molecule has 0 radical (unpaired) electrons. The molecule has 0 atom stereocenters. The highest BCUT2D eigenvalue weighted by Crippen LogP contribution is 1.90. The molecule has 0 rings (SSSR count). The summed E-state index contributed by atoms with van der Waals surface area (Å²) in [5, 5.41) is 11.6. The van der Waals surface area contributed by atoms with Gasteiger partial charge in [-0.25, -0.2) is 5.01 Å². The number of amides is 1. The van der Waals surface area contributed by atoms with Gasteiger partial charge in [0, 0.05) is 20.6 Å². The number of rotatable bonds is 3. The minimum Gasteiger partial charge on any atom is -0.386 e. The van der Waals surface area contributed by atoms with Crippen LogP contribution in [0, 0.1) is 0 Å². The molecule has 0 aliphatic heterocycles. The Labute approximate surface area is 61.0 Å². The van der Waals surface area contributed by atoms with Crippen LogP contribution in [0.25, 0.3) is 0 Å². The van der Waals surface area contributed by atoms with Crippen molar-refractivity contribution < 1.29 is 9.90 Å². The summed E-state index contributed by atoms with van der Waals surface area (Å²) in [7, 11) is 3.52. The van der Waals surface area contributed by atoms with Crippen molar-refractivity contribution in [2.75, 3.05) is 27.2 Å². The first-order chi connectivity index (χ1) is 4.63. The summed E-state index contributed by atoms with van der Waals surface area (Å²) in [5.74, 6) is -0.271. The lowest BCUT2D eigenvalue weighted by Crippen LogP contribution is -2.43. The van der Waals surface area contributed by atoms with Gasteiger partial charge in [-0.15, -0.1) is 0 Å². The number of aliphatic hydroxyl groups excluding tert-OH is 1. The Morgan fingerprint density at radius 3 is 2.10 bits per heavy atom. The Balaban J connectivity index is 3.93. The van der Waals surface area contributed by atoms with Crippen molar-refractivity contribution in [1.29, 1.82) is 0 Å². The number of aliphatic hydroxyl groups is 1. The summed E-state index contributed by atoms with van der Waals surface area (Å²) >= 11 is 0. The van der Waals surface area contributed by atoms with Crippen molar-refractivity contribution >= 4 is 5.91 Å². The maximum atomic E-state index is 10.8. The van der Waals surface area contributed by atoms with Crippen LogP contribution >= 0.6 is 0 Å². The molecule has 0 aromatic carbocycles. The number of hydrazine groups is 1. The van der Waals surface area contributed by atoms with Crippen molar-refractivity contribution in [2.24, 2.45) is 0 Å². The molecule has 0 heterocycles. The molecule has 0 aromatic rings. The third-order valence-electron chi connectivity index (χ3n) is 1.21. The average molecular weight is 146 g/mol. The molecular weight excluding hydrogens is 132 g/mol. The molecule has 60 valence electrons. The predicted molar refractivity (Wildman–Crippen MR) is 38.2 cm³/mol. The second-order valence-electron chi connectivity index (χ2n) is 2.11. The van der Waals surface area contributed by atoms with Gasteiger partial charge in [0.25, 0.3) is 5.91 Å². The molecule has 1 amide bonds. The van der Waals surface area contributed by atoms with E-state index in [2.05, 4.69) is 0 Å². The smallest absolute Gasteiger partial charge is 0.262 e. The maximum absolute atomic E-state index is 10.8. The van der Waals surface area contributed by atoms with Crippen LogP contribution in [0.3, 0.4) is 0 Å². The van der Waals surface area contributed by atoms with E-state index in [0.29, 0.717) is 6.54 Å². The number of carbonyl (C=O) groups is 1. The van der Waals surface area contributed by atoms with E-state index in [-0.39, 0.29) is 5.91 Å². The summed E-state index contributed by atoms with van der Waals surface area (Å²) in [4.78, 5) is 10.8. The van der Waals surface area contributed by atoms with Crippen LogP contribution in [0.1, 0.15) is 6.92 Å². The summed E-state index contributed by atoms with van der Waals surface area (Å²) < 4.78 is 0. The highest BCUT2D eigenvalue weighted by atomic mass is 16.3. The zero-order valence-electron chi connectivity index (χ0n) is 6.66. The number of hydrogen-bond donors (Lipinski definition) is 1. The number of carbonyl (C=O) groups excluding carboxylic acids is 1. The first-order valence-corrected chi connectivity index (χ1v) is 3.22. The van der Waals surface area contributed by atoms with E-state index in [1.54, 1.807) is 19.1 Å². The quantitative estimate of drug-likeness (QED) is 0.536. The Morgan fingerprint density at radius 2 is 2.00 bits per heavy atom. The van der Waals surface area contributed by atoms with Crippen LogP contribution in [-0.2, 0) is 4.79 Å². The van der Waals surface area contributed by atoms with Crippen LogP contribution < -0.4 is 0 Å². The normalized spacial score (nSPS) is 10.1. The highest BCUT2D eigenvalue weighted by molar-refractivity contribution is 5.76. The van der Waals surface area contributed by atoms with Gasteiger partial charge in [-0.05, 0) is 6.92 Å². The summed E-state index contributed by atoms with van der Waals surface area (Å²) in [6, 6.07) is 0. The number of nitrogens with zero attached hydrogens (tertiary/aromatic N) is 2. The lowest BCUT2D eigenvalue weighted by atomic mass is 10.5. The molecule has 0 spiro atoms. The Hall–Kier alpha value is -0.610. The van der Waals surface area contributed by atoms with E-state index in [9.17, 15) is 4.79 Å². The molecule has 0 aliphatic rings. The molecule has 1 N–H and O–H groups in total. The Morgan fingerprint density at radius 1 is 1.50 bits per heavy atom. The van der Waals surface area contributed by atoms with E-state index in [1.165, 1.54) is 5.01 Å². The molecule has 4 heteroatoms. The van der Waals surface area contributed by atoms with Gasteiger partial charge in [-0.1, -0.05) is 0 Å². The average Bonchev–Trinajstić information content (AvgIpc) is 1.88. The fourth-order valence-electron chi connectivity index (χ4n) is 0.764. The second kappa shape index (κ2) is 4.24. The standard InChI is InChI=1S/C6H14N2O2/c1-4-8(7(2)3)6(10)5-9/h9H,4-5H2,1-3H3. The van der Waals surface area contributed by atoms with Crippen molar-refractivity contribution in [1.82, 2.24) is 10.0 Å². The third-order valence-corrected chi connectivity index (χ3v) is 1.21. The van der Waals surface area contributed by atoms with Gasteiger partial charge in [0.2, 0.25) is 0 Å². The van der Waals surface area contributed by atoms with Crippen LogP contribution in [0.2, 0.25) is 0 Å². The van der Waals surface area contributed by atoms with E-state index in [1.807, 2.05) is 6.92 Å². The van der Waals surface area contributed by atoms with Gasteiger partial charge in [-0.3, -0.25) is 9.80 Å². The van der Waals surface area contributed by atoms with E-state index < -0.39 is 6.61 Å². The lowest BCUT2D eigenvalue weighted by molar-refractivity contribution is -0.147. The van der Waals surface area contributed by atoms with Crippen LogP contribution in [0.4, 0.5) is 0 Å². The first kappa shape index (κ1) is 9.39. The van der Waals surface area contributed by atoms with Crippen LogP contribution in [0.5, 0.6) is 0 Å². The number of hydrogen-bond acceptors (Lipinski definition) is 3. The fourth-order valence-corrected chi connectivity index (χ4v) is 0.764. The predicted octanol–water partition coefficient (Wildman–Crippen LogP) is -0.696. The van der Waals surface area contributed by atoms with Crippen molar-refractivity contribution in [2.45, 2.75) is 6.92 Å². The van der Waals surface area contributed by atoms with Gasteiger partial charge in [-0.2, -0.15) is 0 Å². The molecule has 0 saturated heterocycles. The molecular formula is C6H14N2O2. The highest BCUT2D eigenvalue weighted by Gasteiger charge is 2.10. The monoisotopic (exact) mass is 146 g/mol. The Kier molecular flexibility index (Phi) is 3.99. The lowest BCUT2D eigenvalue weighted by Gasteiger charge is -2.26. The second-order valence-corrected chi connectivity index (χ2v) is 2.11. The molecule has 0 fully saturated rings. The van der Waals surface area contributed by atoms with E-state index in [4.69, 9.17) is 5.11 Å². The van der Waals surface area contributed by atoms with Crippen molar-refractivity contribution in [3.63, 3.8) is 0 Å². The zero-order valence-corrected chi connectivity index (χ0v) is 6.66. The molecule has 4 nitrogen and oxygen atoms in total. The third kappa shape index (κ3) is 2.33. The van der Waals surface area contributed by atoms with Gasteiger partial charge in [0.05, 0.1) is 0 Å². The molecule has 0 aromatic heterocycles. The van der Waals surface area contributed by atoms with Crippen LogP contribution in [0.15, 0.2) is 0 Å². The Bertz CT molecular complexity index is 114. The van der Waals surface area contributed by atoms with Gasteiger partial charge in [0.15, 0.2) is 0 Å². The molecule has 10 heavy (non-hydrogen) atoms. The minimum atomic E-state index is -0.425. The minimum absolute atomic E-state index is 0.271. The summed E-state index contributed by atoms with van der Waals surface area (Å²) in [5.41, 5.74) is 0. The topological polar surface area (TPSA) is 43.8 Å². The van der Waals surface area contributed by atoms with Crippen molar-refractivity contribution in [3.8, 4) is 0 Å². The molecule has 0 unspecified atom stereocenters. The zero-order chi connectivity index (χ0) is 8.15. The van der Waals surface area contributed by atoms with Crippen LogP contribution in [-0.4, -0.2) is 48.3 Å². The fraction of sp³-hybridized carbons (Fsp3) is 0.833. The van der Waals surface area contributed by atoms with Gasteiger partial charge in [0.1, 0.15) is 6.61 Å². The van der Waals surface area contributed by atoms with E-state index in [0.717, 1.165) is 0 Å².